The fourth-order valence-corrected chi connectivity index (χ4v) is 1.90. The predicted octanol–water partition coefficient (Wildman–Crippen LogP) is 4.57. The number of halogens is 3. The summed E-state index contributed by atoms with van der Waals surface area (Å²) in [6, 6.07) is 3.21. The Bertz CT molecular complexity index is 382. The molecule has 1 N–H and O–H groups in total. The van der Waals surface area contributed by atoms with Crippen LogP contribution in [0.4, 0.5) is 4.39 Å². The molecule has 0 spiro atoms. The smallest absolute Gasteiger partial charge is 0.148 e. The summed E-state index contributed by atoms with van der Waals surface area (Å²) in [4.78, 5) is 0. The van der Waals surface area contributed by atoms with Gasteiger partial charge in [-0.2, -0.15) is 0 Å². The number of hydrogen-bond acceptors (Lipinski definition) is 1. The Morgan fingerprint density at radius 2 is 1.88 bits per heavy atom. The van der Waals surface area contributed by atoms with E-state index in [2.05, 4.69) is 15.9 Å². The molecule has 0 saturated carbocycles. The molecular formula is C12H15BrClFO. The predicted molar refractivity (Wildman–Crippen MR) is 68.1 cm³/mol. The molecule has 0 saturated heterocycles. The Kier molecular flexibility index (Phi) is 4.77. The second-order valence-electron chi connectivity index (χ2n) is 4.31. The van der Waals surface area contributed by atoms with Gasteiger partial charge < -0.3 is 5.11 Å². The molecule has 2 atom stereocenters. The van der Waals surface area contributed by atoms with Crippen LogP contribution in [0.2, 0.25) is 5.02 Å². The first-order valence-corrected chi connectivity index (χ1v) is 6.34. The van der Waals surface area contributed by atoms with Crippen LogP contribution in [0.3, 0.4) is 0 Å². The van der Waals surface area contributed by atoms with Crippen LogP contribution < -0.4 is 0 Å². The monoisotopic (exact) mass is 308 g/mol. The van der Waals surface area contributed by atoms with Gasteiger partial charge in [0, 0.05) is 10.0 Å². The Morgan fingerprint density at radius 3 is 2.38 bits per heavy atom. The van der Waals surface area contributed by atoms with E-state index in [0.717, 1.165) is 0 Å². The van der Waals surface area contributed by atoms with Gasteiger partial charge in [-0.3, -0.25) is 0 Å². The zero-order valence-electron chi connectivity index (χ0n) is 9.47. The number of rotatable bonds is 3. The van der Waals surface area contributed by atoms with Gasteiger partial charge in [0.1, 0.15) is 5.82 Å². The SMILES string of the molecule is CC(C)C(C)C(O)c1ccc(Br)c(Cl)c1F. The fraction of sp³-hybridized carbons (Fsp3) is 0.500. The van der Waals surface area contributed by atoms with E-state index in [1.807, 2.05) is 20.8 Å². The van der Waals surface area contributed by atoms with Gasteiger partial charge >= 0.3 is 0 Å². The molecule has 1 aromatic rings. The van der Waals surface area contributed by atoms with Crippen LogP contribution in [0.5, 0.6) is 0 Å². The van der Waals surface area contributed by atoms with Crippen LogP contribution in [0.25, 0.3) is 0 Å². The second kappa shape index (κ2) is 5.48. The van der Waals surface area contributed by atoms with Crippen molar-refractivity contribution in [1.82, 2.24) is 0 Å². The van der Waals surface area contributed by atoms with E-state index in [9.17, 15) is 9.50 Å². The van der Waals surface area contributed by atoms with Crippen molar-refractivity contribution < 1.29 is 9.50 Å². The van der Waals surface area contributed by atoms with Crippen LogP contribution in [0, 0.1) is 17.7 Å². The average Bonchev–Trinajstić information content (AvgIpc) is 2.24. The third-order valence-corrected chi connectivity index (χ3v) is 4.19. The lowest BCUT2D eigenvalue weighted by Gasteiger charge is -2.23. The Labute approximate surface area is 109 Å². The molecule has 16 heavy (non-hydrogen) atoms. The molecule has 0 amide bonds. The van der Waals surface area contributed by atoms with Crippen molar-refractivity contribution in [3.63, 3.8) is 0 Å². The third kappa shape index (κ3) is 2.76. The minimum Gasteiger partial charge on any atom is -0.388 e. The topological polar surface area (TPSA) is 20.2 Å². The summed E-state index contributed by atoms with van der Waals surface area (Å²) < 4.78 is 14.3. The van der Waals surface area contributed by atoms with Crippen LogP contribution in [-0.4, -0.2) is 5.11 Å². The molecule has 1 rings (SSSR count). The normalized spacial score (nSPS) is 15.2. The summed E-state index contributed by atoms with van der Waals surface area (Å²) in [5, 5.41) is 10.1. The molecule has 0 bridgehead atoms. The highest BCUT2D eigenvalue weighted by Gasteiger charge is 2.24. The quantitative estimate of drug-likeness (QED) is 0.811. The molecule has 0 heterocycles. The summed E-state index contributed by atoms with van der Waals surface area (Å²) in [5.74, 6) is -0.292. The minimum atomic E-state index is -0.828. The van der Waals surface area contributed by atoms with Gasteiger partial charge in [0.2, 0.25) is 0 Å². The Balaban J connectivity index is 3.10. The van der Waals surface area contributed by atoms with E-state index in [-0.39, 0.29) is 22.4 Å². The highest BCUT2D eigenvalue weighted by molar-refractivity contribution is 9.10. The molecule has 0 fully saturated rings. The van der Waals surface area contributed by atoms with Crippen molar-refractivity contribution in [2.75, 3.05) is 0 Å². The summed E-state index contributed by atoms with van der Waals surface area (Å²) in [7, 11) is 0. The van der Waals surface area contributed by atoms with Gasteiger partial charge in [-0.05, 0) is 33.8 Å². The Morgan fingerprint density at radius 1 is 1.31 bits per heavy atom. The van der Waals surface area contributed by atoms with Crippen molar-refractivity contribution in [1.29, 1.82) is 0 Å². The van der Waals surface area contributed by atoms with Gasteiger partial charge in [0.15, 0.2) is 0 Å². The van der Waals surface area contributed by atoms with Crippen molar-refractivity contribution in [3.8, 4) is 0 Å². The zero-order valence-corrected chi connectivity index (χ0v) is 11.8. The molecule has 0 radical (unpaired) electrons. The van der Waals surface area contributed by atoms with Crippen molar-refractivity contribution in [2.45, 2.75) is 26.9 Å². The van der Waals surface area contributed by atoms with Gasteiger partial charge in [-0.25, -0.2) is 4.39 Å². The molecule has 1 aromatic carbocycles. The molecule has 1 nitrogen and oxygen atoms in total. The van der Waals surface area contributed by atoms with E-state index in [1.54, 1.807) is 12.1 Å². The van der Waals surface area contributed by atoms with E-state index < -0.39 is 11.9 Å². The maximum absolute atomic E-state index is 13.8. The lowest BCUT2D eigenvalue weighted by molar-refractivity contribution is 0.0887. The number of aliphatic hydroxyl groups excluding tert-OH is 1. The van der Waals surface area contributed by atoms with Crippen molar-refractivity contribution in [3.05, 3.63) is 33.0 Å². The van der Waals surface area contributed by atoms with Crippen molar-refractivity contribution in [2.24, 2.45) is 11.8 Å². The number of benzene rings is 1. The molecule has 2 unspecified atom stereocenters. The lowest BCUT2D eigenvalue weighted by atomic mass is 9.88. The third-order valence-electron chi connectivity index (χ3n) is 2.93. The molecule has 90 valence electrons. The molecule has 4 heteroatoms. The van der Waals surface area contributed by atoms with Gasteiger partial charge in [0.05, 0.1) is 11.1 Å². The summed E-state index contributed by atoms with van der Waals surface area (Å²) >= 11 is 8.92. The van der Waals surface area contributed by atoms with E-state index in [4.69, 9.17) is 11.6 Å². The summed E-state index contributed by atoms with van der Waals surface area (Å²) in [5.41, 5.74) is 0.259. The first-order chi connectivity index (χ1) is 7.36. The highest BCUT2D eigenvalue weighted by Crippen LogP contribution is 2.34. The van der Waals surface area contributed by atoms with Crippen LogP contribution in [0.15, 0.2) is 16.6 Å². The van der Waals surface area contributed by atoms with Gasteiger partial charge in [-0.15, -0.1) is 0 Å². The van der Waals surface area contributed by atoms with E-state index in [0.29, 0.717) is 4.47 Å². The molecule has 0 aliphatic rings. The molecular weight excluding hydrogens is 294 g/mol. The summed E-state index contributed by atoms with van der Waals surface area (Å²) in [6.07, 6.45) is -0.828. The number of aliphatic hydroxyl groups is 1. The largest absolute Gasteiger partial charge is 0.388 e. The second-order valence-corrected chi connectivity index (χ2v) is 5.54. The highest BCUT2D eigenvalue weighted by atomic mass is 79.9. The lowest BCUT2D eigenvalue weighted by Crippen LogP contribution is -2.16. The number of hydrogen-bond donors (Lipinski definition) is 1. The maximum atomic E-state index is 13.8. The molecule has 0 aliphatic carbocycles. The Hall–Kier alpha value is -0.120. The molecule has 0 aromatic heterocycles. The zero-order chi connectivity index (χ0) is 12.5. The van der Waals surface area contributed by atoms with Crippen LogP contribution >= 0.6 is 27.5 Å². The van der Waals surface area contributed by atoms with Crippen molar-refractivity contribution >= 4 is 27.5 Å². The van der Waals surface area contributed by atoms with Crippen LogP contribution in [-0.2, 0) is 0 Å². The van der Waals surface area contributed by atoms with E-state index in [1.165, 1.54) is 0 Å². The minimum absolute atomic E-state index is 0.0208. The fourth-order valence-electron chi connectivity index (χ4n) is 1.42. The first-order valence-electron chi connectivity index (χ1n) is 5.17. The molecule has 0 aliphatic heterocycles. The standard InChI is InChI=1S/C12H15BrClFO/c1-6(2)7(3)12(16)8-4-5-9(13)10(14)11(8)15/h4-7,12,16H,1-3H3. The van der Waals surface area contributed by atoms with Crippen LogP contribution in [0.1, 0.15) is 32.4 Å². The van der Waals surface area contributed by atoms with E-state index >= 15 is 0 Å². The maximum Gasteiger partial charge on any atom is 0.148 e. The first kappa shape index (κ1) is 13.9. The average molecular weight is 310 g/mol. The van der Waals surface area contributed by atoms with Gasteiger partial charge in [-0.1, -0.05) is 38.4 Å². The summed E-state index contributed by atoms with van der Waals surface area (Å²) in [6.45, 7) is 5.88. The van der Waals surface area contributed by atoms with Gasteiger partial charge in [0.25, 0.3) is 0 Å².